The first-order chi connectivity index (χ1) is 5.22. The molecule has 0 aliphatic rings. The molecule has 3 nitrogen and oxygen atoms in total. The van der Waals surface area contributed by atoms with Crippen LogP contribution >= 0.6 is 0 Å². The predicted molar refractivity (Wildman–Crippen MR) is 41.0 cm³/mol. The van der Waals surface area contributed by atoms with Gasteiger partial charge in [0.25, 0.3) is 0 Å². The smallest absolute Gasteiger partial charge is 0.191 e. The number of hydrogen-bond acceptors (Lipinski definition) is 3. The Labute approximate surface area is 64.7 Å². The van der Waals surface area contributed by atoms with Crippen molar-refractivity contribution in [1.29, 1.82) is 0 Å². The fraction of sp³-hybridized carbons (Fsp3) is 0.250. The fourth-order valence-corrected chi connectivity index (χ4v) is 0.714. The Balaban J connectivity index is 2.86. The summed E-state index contributed by atoms with van der Waals surface area (Å²) in [5.41, 5.74) is 1.32. The van der Waals surface area contributed by atoms with Crippen LogP contribution in [0.15, 0.2) is 16.3 Å². The van der Waals surface area contributed by atoms with E-state index in [4.69, 9.17) is 4.42 Å². The molecular formula is C8H9NO2. The van der Waals surface area contributed by atoms with E-state index in [0.717, 1.165) is 6.29 Å². The Morgan fingerprint density at radius 2 is 2.45 bits per heavy atom. The summed E-state index contributed by atoms with van der Waals surface area (Å²) in [5.74, 6) is 0.606. The summed E-state index contributed by atoms with van der Waals surface area (Å²) >= 11 is 0. The van der Waals surface area contributed by atoms with Crippen LogP contribution in [0, 0.1) is 6.92 Å². The van der Waals surface area contributed by atoms with Gasteiger partial charge in [0.2, 0.25) is 0 Å². The number of oxazole rings is 1. The molecule has 3 heteroatoms. The number of carbonyl (C=O) groups excluding carboxylic acids is 1. The predicted octanol–water partition coefficient (Wildman–Crippen LogP) is 1.59. The van der Waals surface area contributed by atoms with Gasteiger partial charge in [0.1, 0.15) is 18.2 Å². The van der Waals surface area contributed by atoms with Crippen molar-refractivity contribution in [2.45, 2.75) is 13.8 Å². The van der Waals surface area contributed by atoms with Crippen LogP contribution in [0.4, 0.5) is 0 Å². The minimum absolute atomic E-state index is 0.606. The number of aromatic nitrogens is 1. The highest BCUT2D eigenvalue weighted by Gasteiger charge is 1.95. The van der Waals surface area contributed by atoms with Crippen LogP contribution in [0.2, 0.25) is 0 Å². The highest BCUT2D eigenvalue weighted by atomic mass is 16.3. The van der Waals surface area contributed by atoms with Crippen molar-refractivity contribution in [2.24, 2.45) is 0 Å². The van der Waals surface area contributed by atoms with E-state index in [-0.39, 0.29) is 0 Å². The third-order valence-electron chi connectivity index (χ3n) is 1.20. The molecule has 0 radical (unpaired) electrons. The first-order valence-corrected chi connectivity index (χ1v) is 3.28. The van der Waals surface area contributed by atoms with Gasteiger partial charge in [0.15, 0.2) is 5.89 Å². The van der Waals surface area contributed by atoms with Crippen LogP contribution in [-0.4, -0.2) is 11.3 Å². The fourth-order valence-electron chi connectivity index (χ4n) is 0.714. The quantitative estimate of drug-likeness (QED) is 0.476. The second kappa shape index (κ2) is 3.14. The van der Waals surface area contributed by atoms with Crippen LogP contribution in [-0.2, 0) is 4.79 Å². The standard InChI is InChI=1S/C8H9NO2/c1-6(4-10)3-8-5-11-7(2)9-8/h3-5H,1-2H3. The monoisotopic (exact) mass is 151 g/mol. The lowest BCUT2D eigenvalue weighted by atomic mass is 10.3. The topological polar surface area (TPSA) is 43.1 Å². The van der Waals surface area contributed by atoms with E-state index in [9.17, 15) is 4.79 Å². The lowest BCUT2D eigenvalue weighted by Gasteiger charge is -1.82. The Morgan fingerprint density at radius 1 is 1.73 bits per heavy atom. The van der Waals surface area contributed by atoms with E-state index >= 15 is 0 Å². The average Bonchev–Trinajstić information content (AvgIpc) is 2.35. The van der Waals surface area contributed by atoms with E-state index in [1.54, 1.807) is 19.9 Å². The van der Waals surface area contributed by atoms with Gasteiger partial charge in [0, 0.05) is 6.92 Å². The Morgan fingerprint density at radius 3 is 2.91 bits per heavy atom. The van der Waals surface area contributed by atoms with E-state index in [2.05, 4.69) is 4.98 Å². The molecule has 0 saturated carbocycles. The molecule has 0 saturated heterocycles. The van der Waals surface area contributed by atoms with E-state index in [1.807, 2.05) is 0 Å². The van der Waals surface area contributed by atoms with Gasteiger partial charge in [0.05, 0.1) is 0 Å². The zero-order chi connectivity index (χ0) is 8.27. The number of allylic oxidation sites excluding steroid dienone is 1. The molecule has 0 fully saturated rings. The number of hydrogen-bond donors (Lipinski definition) is 0. The minimum Gasteiger partial charge on any atom is -0.449 e. The molecule has 1 rings (SSSR count). The molecule has 1 aromatic rings. The summed E-state index contributed by atoms with van der Waals surface area (Å²) in [7, 11) is 0. The maximum Gasteiger partial charge on any atom is 0.191 e. The maximum absolute atomic E-state index is 10.2. The zero-order valence-corrected chi connectivity index (χ0v) is 6.50. The number of nitrogens with zero attached hydrogens (tertiary/aromatic N) is 1. The van der Waals surface area contributed by atoms with Gasteiger partial charge in [-0.05, 0) is 18.6 Å². The summed E-state index contributed by atoms with van der Waals surface area (Å²) in [6.45, 7) is 3.48. The summed E-state index contributed by atoms with van der Waals surface area (Å²) in [5, 5.41) is 0. The molecule has 0 amide bonds. The van der Waals surface area contributed by atoms with Crippen molar-refractivity contribution in [3.05, 3.63) is 23.4 Å². The second-order valence-corrected chi connectivity index (χ2v) is 2.30. The maximum atomic E-state index is 10.2. The van der Waals surface area contributed by atoms with Crippen molar-refractivity contribution in [2.75, 3.05) is 0 Å². The Kier molecular flexibility index (Phi) is 2.21. The van der Waals surface area contributed by atoms with Gasteiger partial charge in [-0.15, -0.1) is 0 Å². The van der Waals surface area contributed by atoms with Crippen molar-refractivity contribution in [3.63, 3.8) is 0 Å². The molecule has 0 aromatic carbocycles. The lowest BCUT2D eigenvalue weighted by molar-refractivity contribution is -0.104. The van der Waals surface area contributed by atoms with E-state index in [0.29, 0.717) is 17.2 Å². The molecule has 0 N–H and O–H groups in total. The third kappa shape index (κ3) is 2.04. The molecule has 0 aliphatic carbocycles. The van der Waals surface area contributed by atoms with Gasteiger partial charge in [-0.1, -0.05) is 0 Å². The zero-order valence-electron chi connectivity index (χ0n) is 6.50. The molecule has 0 unspecified atom stereocenters. The summed E-state index contributed by atoms with van der Waals surface area (Å²) < 4.78 is 4.94. The number of aryl methyl sites for hydroxylation is 1. The minimum atomic E-state index is 0.606. The van der Waals surface area contributed by atoms with Crippen molar-refractivity contribution < 1.29 is 9.21 Å². The SMILES string of the molecule is CC(C=O)=Cc1coc(C)n1. The molecule has 0 spiro atoms. The lowest BCUT2D eigenvalue weighted by Crippen LogP contribution is -1.77. The van der Waals surface area contributed by atoms with Crippen LogP contribution in [0.5, 0.6) is 0 Å². The van der Waals surface area contributed by atoms with Crippen molar-refractivity contribution in [1.82, 2.24) is 4.98 Å². The van der Waals surface area contributed by atoms with Gasteiger partial charge in [-0.2, -0.15) is 0 Å². The Bertz CT molecular complexity index is 286. The second-order valence-electron chi connectivity index (χ2n) is 2.30. The molecule has 58 valence electrons. The Hall–Kier alpha value is -1.38. The molecule has 0 bridgehead atoms. The summed E-state index contributed by atoms with van der Waals surface area (Å²) in [6.07, 6.45) is 3.97. The third-order valence-corrected chi connectivity index (χ3v) is 1.20. The van der Waals surface area contributed by atoms with Crippen molar-refractivity contribution >= 4 is 12.4 Å². The van der Waals surface area contributed by atoms with Crippen LogP contribution in [0.3, 0.4) is 0 Å². The largest absolute Gasteiger partial charge is 0.449 e. The number of rotatable bonds is 2. The molecule has 1 heterocycles. The van der Waals surface area contributed by atoms with Crippen molar-refractivity contribution in [3.8, 4) is 0 Å². The van der Waals surface area contributed by atoms with E-state index in [1.165, 1.54) is 6.26 Å². The first kappa shape index (κ1) is 7.72. The number of carbonyl (C=O) groups is 1. The highest BCUT2D eigenvalue weighted by molar-refractivity contribution is 5.79. The van der Waals surface area contributed by atoms with Gasteiger partial charge in [-0.25, -0.2) is 4.98 Å². The van der Waals surface area contributed by atoms with Crippen LogP contribution in [0.25, 0.3) is 6.08 Å². The molecule has 1 aromatic heterocycles. The van der Waals surface area contributed by atoms with Gasteiger partial charge < -0.3 is 4.42 Å². The molecule has 11 heavy (non-hydrogen) atoms. The molecule has 0 aliphatic heterocycles. The first-order valence-electron chi connectivity index (χ1n) is 3.28. The molecule has 0 atom stereocenters. The van der Waals surface area contributed by atoms with Crippen LogP contribution < -0.4 is 0 Å². The average molecular weight is 151 g/mol. The highest BCUT2D eigenvalue weighted by Crippen LogP contribution is 2.04. The van der Waals surface area contributed by atoms with Gasteiger partial charge in [-0.3, -0.25) is 4.79 Å². The normalized spacial score (nSPS) is 11.6. The van der Waals surface area contributed by atoms with Gasteiger partial charge >= 0.3 is 0 Å². The van der Waals surface area contributed by atoms with Crippen LogP contribution in [0.1, 0.15) is 18.5 Å². The number of aldehydes is 1. The van der Waals surface area contributed by atoms with E-state index < -0.39 is 0 Å². The molecular weight excluding hydrogens is 142 g/mol. The summed E-state index contributed by atoms with van der Waals surface area (Å²) in [6, 6.07) is 0. The summed E-state index contributed by atoms with van der Waals surface area (Å²) in [4.78, 5) is 14.2.